The molecule has 154 valence electrons. The Morgan fingerprint density at radius 3 is 2.48 bits per heavy atom. The quantitative estimate of drug-likeness (QED) is 0.455. The lowest BCUT2D eigenvalue weighted by Gasteiger charge is -2.15. The van der Waals surface area contributed by atoms with E-state index in [0.29, 0.717) is 22.6 Å². The number of amides is 2. The van der Waals surface area contributed by atoms with E-state index >= 15 is 0 Å². The summed E-state index contributed by atoms with van der Waals surface area (Å²) in [6, 6.07) is 18.4. The molecule has 4 rings (SSSR count). The Kier molecular flexibility index (Phi) is 5.57. The Labute approximate surface area is 179 Å². The van der Waals surface area contributed by atoms with Crippen molar-refractivity contribution in [2.24, 2.45) is 0 Å². The molecule has 0 spiro atoms. The number of aryl methyl sites for hydroxylation is 1. The molecule has 0 aliphatic heterocycles. The minimum absolute atomic E-state index is 0.290. The number of para-hydroxylation sites is 1. The summed E-state index contributed by atoms with van der Waals surface area (Å²) in [5, 5.41) is 9.57. The van der Waals surface area contributed by atoms with Gasteiger partial charge >= 0.3 is 0 Å². The fourth-order valence-electron chi connectivity index (χ4n) is 3.18. The van der Waals surface area contributed by atoms with E-state index in [1.807, 2.05) is 43.3 Å². The molecule has 0 saturated carbocycles. The predicted octanol–water partition coefficient (Wildman–Crippen LogP) is 4.29. The van der Waals surface area contributed by atoms with Gasteiger partial charge in [0, 0.05) is 36.1 Å². The monoisotopic (exact) mass is 411 g/mol. The van der Waals surface area contributed by atoms with Crippen LogP contribution in [0.5, 0.6) is 0 Å². The van der Waals surface area contributed by atoms with Crippen molar-refractivity contribution < 1.29 is 9.59 Å². The van der Waals surface area contributed by atoms with Crippen molar-refractivity contribution in [1.82, 2.24) is 15.3 Å². The molecule has 0 atom stereocenters. The van der Waals surface area contributed by atoms with Crippen molar-refractivity contribution in [2.45, 2.75) is 6.92 Å². The first-order valence-electron chi connectivity index (χ1n) is 9.76. The summed E-state index contributed by atoms with van der Waals surface area (Å²) in [4.78, 5) is 33.8. The van der Waals surface area contributed by atoms with Crippen LogP contribution in [0, 0.1) is 6.92 Å². The highest BCUT2D eigenvalue weighted by Gasteiger charge is 2.15. The van der Waals surface area contributed by atoms with Crippen molar-refractivity contribution in [3.05, 3.63) is 89.7 Å². The highest BCUT2D eigenvalue weighted by Crippen LogP contribution is 2.27. The fourth-order valence-corrected chi connectivity index (χ4v) is 3.18. The van der Waals surface area contributed by atoms with Crippen LogP contribution in [0.1, 0.15) is 26.3 Å². The van der Waals surface area contributed by atoms with Gasteiger partial charge in [-0.2, -0.15) is 0 Å². The van der Waals surface area contributed by atoms with Crippen LogP contribution in [0.3, 0.4) is 0 Å². The average Bonchev–Trinajstić information content (AvgIpc) is 2.80. The van der Waals surface area contributed by atoms with Crippen molar-refractivity contribution in [2.75, 3.05) is 17.7 Å². The van der Waals surface area contributed by atoms with Crippen LogP contribution in [-0.2, 0) is 0 Å². The van der Waals surface area contributed by atoms with E-state index in [2.05, 4.69) is 25.9 Å². The van der Waals surface area contributed by atoms with Gasteiger partial charge in [-0.1, -0.05) is 24.3 Å². The van der Waals surface area contributed by atoms with Gasteiger partial charge in [-0.3, -0.25) is 14.6 Å². The summed E-state index contributed by atoms with van der Waals surface area (Å²) < 4.78 is 0. The second kappa shape index (κ2) is 8.62. The Morgan fingerprint density at radius 1 is 0.839 bits per heavy atom. The zero-order valence-electron chi connectivity index (χ0n) is 17.1. The standard InChI is InChI=1S/C24H21N5O2/c1-15-6-3-4-8-19(15)28-22-21(13-18(14-27-22)23(30)25-2)29-24(31)17-9-10-20-16(12-17)7-5-11-26-20/h3-14H,1-2H3,(H,25,30)(H,27,28)(H,29,31). The van der Waals surface area contributed by atoms with Crippen LogP contribution in [-0.4, -0.2) is 28.8 Å². The number of fused-ring (bicyclic) bond motifs is 1. The number of benzene rings is 2. The summed E-state index contributed by atoms with van der Waals surface area (Å²) in [5.41, 5.74) is 3.92. The van der Waals surface area contributed by atoms with Crippen molar-refractivity contribution in [1.29, 1.82) is 0 Å². The molecule has 3 N–H and O–H groups in total. The van der Waals surface area contributed by atoms with E-state index in [4.69, 9.17) is 0 Å². The van der Waals surface area contributed by atoms with Crippen LogP contribution >= 0.6 is 0 Å². The van der Waals surface area contributed by atoms with E-state index in [1.54, 1.807) is 37.5 Å². The summed E-state index contributed by atoms with van der Waals surface area (Å²) >= 11 is 0. The summed E-state index contributed by atoms with van der Waals surface area (Å²) in [6.07, 6.45) is 3.18. The Hall–Kier alpha value is -4.26. The molecule has 2 aromatic heterocycles. The smallest absolute Gasteiger partial charge is 0.255 e. The predicted molar refractivity (Wildman–Crippen MR) is 122 cm³/mol. The Bertz CT molecular complexity index is 1290. The Morgan fingerprint density at radius 2 is 1.68 bits per heavy atom. The molecule has 0 saturated heterocycles. The van der Waals surface area contributed by atoms with Crippen LogP contribution in [0.25, 0.3) is 10.9 Å². The van der Waals surface area contributed by atoms with E-state index in [1.165, 1.54) is 6.20 Å². The maximum absolute atomic E-state index is 13.0. The van der Waals surface area contributed by atoms with E-state index in [0.717, 1.165) is 22.2 Å². The van der Waals surface area contributed by atoms with Crippen LogP contribution in [0.15, 0.2) is 73.1 Å². The fraction of sp³-hybridized carbons (Fsp3) is 0.0833. The van der Waals surface area contributed by atoms with Crippen molar-refractivity contribution in [3.63, 3.8) is 0 Å². The number of aromatic nitrogens is 2. The van der Waals surface area contributed by atoms with E-state index in [9.17, 15) is 9.59 Å². The second-order valence-electron chi connectivity index (χ2n) is 7.00. The van der Waals surface area contributed by atoms with Gasteiger partial charge in [0.25, 0.3) is 11.8 Å². The first-order valence-corrected chi connectivity index (χ1v) is 9.76. The molecule has 0 radical (unpaired) electrons. The second-order valence-corrected chi connectivity index (χ2v) is 7.00. The van der Waals surface area contributed by atoms with Crippen molar-refractivity contribution >= 4 is 39.9 Å². The van der Waals surface area contributed by atoms with Crippen LogP contribution in [0.2, 0.25) is 0 Å². The van der Waals surface area contributed by atoms with Gasteiger partial charge < -0.3 is 16.0 Å². The lowest BCUT2D eigenvalue weighted by molar-refractivity contribution is 0.0961. The largest absolute Gasteiger partial charge is 0.355 e. The first-order chi connectivity index (χ1) is 15.0. The molecule has 7 nitrogen and oxygen atoms in total. The maximum Gasteiger partial charge on any atom is 0.255 e. The highest BCUT2D eigenvalue weighted by molar-refractivity contribution is 6.08. The molecule has 0 aliphatic carbocycles. The number of pyridine rings is 2. The molecule has 4 aromatic rings. The molecule has 0 aliphatic rings. The maximum atomic E-state index is 13.0. The molecule has 31 heavy (non-hydrogen) atoms. The number of hydrogen-bond acceptors (Lipinski definition) is 5. The number of nitrogens with one attached hydrogen (secondary N) is 3. The zero-order chi connectivity index (χ0) is 21.8. The topological polar surface area (TPSA) is 96.0 Å². The molecular weight excluding hydrogens is 390 g/mol. The number of carbonyl (C=O) groups excluding carboxylic acids is 2. The summed E-state index contributed by atoms with van der Waals surface area (Å²) in [6.45, 7) is 1.97. The molecule has 2 amide bonds. The number of rotatable bonds is 5. The van der Waals surface area contributed by atoms with Gasteiger partial charge in [0.2, 0.25) is 0 Å². The Balaban J connectivity index is 1.69. The minimum Gasteiger partial charge on any atom is -0.355 e. The number of hydrogen-bond donors (Lipinski definition) is 3. The van der Waals surface area contributed by atoms with Crippen LogP contribution < -0.4 is 16.0 Å². The van der Waals surface area contributed by atoms with Gasteiger partial charge in [0.05, 0.1) is 16.8 Å². The lowest BCUT2D eigenvalue weighted by Crippen LogP contribution is -2.19. The molecule has 0 bridgehead atoms. The van der Waals surface area contributed by atoms with Gasteiger partial charge in [-0.05, 0) is 48.9 Å². The minimum atomic E-state index is -0.311. The van der Waals surface area contributed by atoms with Crippen LogP contribution in [0.4, 0.5) is 17.2 Å². The molecule has 0 unspecified atom stereocenters. The number of nitrogens with zero attached hydrogens (tertiary/aromatic N) is 2. The number of anilines is 3. The molecule has 2 heterocycles. The molecule has 0 fully saturated rings. The average molecular weight is 411 g/mol. The SMILES string of the molecule is CNC(=O)c1cnc(Nc2ccccc2C)c(NC(=O)c2ccc3ncccc3c2)c1. The molecular formula is C24H21N5O2. The van der Waals surface area contributed by atoms with Crippen molar-refractivity contribution in [3.8, 4) is 0 Å². The first kappa shape index (κ1) is 20.0. The third-order valence-corrected chi connectivity index (χ3v) is 4.89. The van der Waals surface area contributed by atoms with Gasteiger partial charge in [0.1, 0.15) is 0 Å². The number of carbonyl (C=O) groups is 2. The molecule has 7 heteroatoms. The summed E-state index contributed by atoms with van der Waals surface area (Å²) in [5.74, 6) is -0.158. The highest BCUT2D eigenvalue weighted by atomic mass is 16.2. The third-order valence-electron chi connectivity index (χ3n) is 4.89. The summed E-state index contributed by atoms with van der Waals surface area (Å²) in [7, 11) is 1.54. The zero-order valence-corrected chi connectivity index (χ0v) is 17.1. The molecule has 2 aromatic carbocycles. The van der Waals surface area contributed by atoms with E-state index < -0.39 is 0 Å². The van der Waals surface area contributed by atoms with Gasteiger partial charge in [-0.25, -0.2) is 4.98 Å². The van der Waals surface area contributed by atoms with Gasteiger partial charge in [-0.15, -0.1) is 0 Å². The van der Waals surface area contributed by atoms with Gasteiger partial charge in [0.15, 0.2) is 5.82 Å². The van der Waals surface area contributed by atoms with E-state index in [-0.39, 0.29) is 11.8 Å². The normalized spacial score (nSPS) is 10.5. The lowest BCUT2D eigenvalue weighted by atomic mass is 10.1. The third kappa shape index (κ3) is 4.35.